The van der Waals surface area contributed by atoms with Gasteiger partial charge in [-0.1, -0.05) is 92.1 Å². The Morgan fingerprint density at radius 1 is 0.690 bits per heavy atom. The zero-order chi connectivity index (χ0) is 20.2. The van der Waals surface area contributed by atoms with Crippen molar-refractivity contribution < 1.29 is 0 Å². The van der Waals surface area contributed by atoms with Gasteiger partial charge in [0.05, 0.1) is 0 Å². The molecule has 0 saturated heterocycles. The third kappa shape index (κ3) is 4.99. The highest BCUT2D eigenvalue weighted by atomic mass is 14.2. The van der Waals surface area contributed by atoms with Gasteiger partial charge in [0.25, 0.3) is 0 Å². The Labute approximate surface area is 177 Å². The maximum Gasteiger partial charge on any atom is -0.0155 e. The van der Waals surface area contributed by atoms with E-state index in [4.69, 9.17) is 0 Å². The molecule has 0 nitrogen and oxygen atoms in total. The van der Waals surface area contributed by atoms with Gasteiger partial charge in [-0.05, 0) is 84.7 Å². The Morgan fingerprint density at radius 2 is 1.31 bits per heavy atom. The van der Waals surface area contributed by atoms with E-state index in [2.05, 4.69) is 87.5 Å². The van der Waals surface area contributed by atoms with E-state index in [0.717, 1.165) is 24.7 Å². The monoisotopic (exact) mass is 382 g/mol. The van der Waals surface area contributed by atoms with Crippen molar-refractivity contribution in [2.75, 3.05) is 0 Å². The van der Waals surface area contributed by atoms with Gasteiger partial charge in [-0.2, -0.15) is 0 Å². The van der Waals surface area contributed by atoms with Crippen molar-refractivity contribution in [1.82, 2.24) is 0 Å². The predicted molar refractivity (Wildman–Crippen MR) is 126 cm³/mol. The van der Waals surface area contributed by atoms with Gasteiger partial charge in [0, 0.05) is 0 Å². The Bertz CT molecular complexity index is 923. The third-order valence-electron chi connectivity index (χ3n) is 6.82. The maximum atomic E-state index is 2.40. The molecule has 29 heavy (non-hydrogen) atoms. The summed E-state index contributed by atoms with van der Waals surface area (Å²) in [4.78, 5) is 0. The first-order chi connectivity index (χ1) is 14.1. The quantitative estimate of drug-likeness (QED) is 0.419. The van der Waals surface area contributed by atoms with Crippen molar-refractivity contribution >= 4 is 0 Å². The van der Waals surface area contributed by atoms with E-state index in [9.17, 15) is 0 Å². The van der Waals surface area contributed by atoms with Gasteiger partial charge in [0.2, 0.25) is 0 Å². The molecule has 150 valence electrons. The van der Waals surface area contributed by atoms with Crippen LogP contribution in [0.1, 0.15) is 66.3 Å². The standard InChI is InChI=1S/C29H34/c1-21-4-8-24(9-5-21)10-11-25-12-19-29(23(3)20-25)28-17-15-27(16-18-28)26-13-6-22(2)7-14-26/h4-5,8-9,12,15-20,22,26H,6-7,10-11,13-14H2,1-3H3. The average Bonchev–Trinajstić information content (AvgIpc) is 2.74. The van der Waals surface area contributed by atoms with E-state index < -0.39 is 0 Å². The molecule has 1 fully saturated rings. The SMILES string of the molecule is Cc1ccc(CCc2ccc(-c3ccc(C4CCC(C)CC4)cc3)c(C)c2)cc1. The van der Waals surface area contributed by atoms with Gasteiger partial charge in [-0.25, -0.2) is 0 Å². The second kappa shape index (κ2) is 8.99. The van der Waals surface area contributed by atoms with Crippen molar-refractivity contribution in [3.63, 3.8) is 0 Å². The fourth-order valence-electron chi connectivity index (χ4n) is 4.78. The van der Waals surface area contributed by atoms with E-state index in [-0.39, 0.29) is 0 Å². The van der Waals surface area contributed by atoms with Crippen LogP contribution in [0.5, 0.6) is 0 Å². The van der Waals surface area contributed by atoms with E-state index in [1.54, 1.807) is 0 Å². The third-order valence-corrected chi connectivity index (χ3v) is 6.82. The fraction of sp³-hybridized carbons (Fsp3) is 0.379. The molecule has 0 radical (unpaired) electrons. The second-order valence-corrected chi connectivity index (χ2v) is 9.21. The molecule has 1 saturated carbocycles. The van der Waals surface area contributed by atoms with Crippen molar-refractivity contribution in [2.45, 2.75) is 65.2 Å². The van der Waals surface area contributed by atoms with Crippen LogP contribution >= 0.6 is 0 Å². The maximum absolute atomic E-state index is 2.40. The summed E-state index contributed by atoms with van der Waals surface area (Å²) in [5.41, 5.74) is 9.81. The number of rotatable bonds is 5. The summed E-state index contributed by atoms with van der Waals surface area (Å²) < 4.78 is 0. The molecule has 0 heteroatoms. The van der Waals surface area contributed by atoms with Gasteiger partial charge < -0.3 is 0 Å². The number of hydrogen-bond acceptors (Lipinski definition) is 0. The van der Waals surface area contributed by atoms with Crippen molar-refractivity contribution in [1.29, 1.82) is 0 Å². The average molecular weight is 383 g/mol. The molecular formula is C29H34. The highest BCUT2D eigenvalue weighted by Crippen LogP contribution is 2.36. The molecule has 0 spiro atoms. The molecule has 1 aliphatic carbocycles. The summed E-state index contributed by atoms with van der Waals surface area (Å²) in [6.07, 6.45) is 7.69. The summed E-state index contributed by atoms with van der Waals surface area (Å²) in [6.45, 7) is 6.79. The van der Waals surface area contributed by atoms with E-state index in [1.165, 1.54) is 64.6 Å². The molecular weight excluding hydrogens is 348 g/mol. The zero-order valence-corrected chi connectivity index (χ0v) is 18.2. The summed E-state index contributed by atoms with van der Waals surface area (Å²) in [7, 11) is 0. The first-order valence-electron chi connectivity index (χ1n) is 11.3. The summed E-state index contributed by atoms with van der Waals surface area (Å²) in [5, 5.41) is 0. The van der Waals surface area contributed by atoms with Crippen LogP contribution in [-0.2, 0) is 12.8 Å². The Morgan fingerprint density at radius 3 is 1.97 bits per heavy atom. The minimum atomic E-state index is 0.769. The van der Waals surface area contributed by atoms with Crippen LogP contribution in [0.25, 0.3) is 11.1 Å². The van der Waals surface area contributed by atoms with Crippen LogP contribution in [0, 0.1) is 19.8 Å². The molecule has 0 bridgehead atoms. The van der Waals surface area contributed by atoms with Crippen molar-refractivity contribution in [3.8, 4) is 11.1 Å². The van der Waals surface area contributed by atoms with E-state index in [0.29, 0.717) is 0 Å². The first-order valence-corrected chi connectivity index (χ1v) is 11.3. The van der Waals surface area contributed by atoms with E-state index >= 15 is 0 Å². The lowest BCUT2D eigenvalue weighted by atomic mass is 9.79. The molecule has 4 rings (SSSR count). The minimum Gasteiger partial charge on any atom is -0.0625 e. The number of benzene rings is 3. The first kappa shape index (κ1) is 20.0. The Kier molecular flexibility index (Phi) is 6.19. The Balaban J connectivity index is 1.42. The van der Waals surface area contributed by atoms with Crippen LogP contribution in [0.15, 0.2) is 66.7 Å². The van der Waals surface area contributed by atoms with E-state index in [1.807, 2.05) is 0 Å². The molecule has 0 heterocycles. The molecule has 0 atom stereocenters. The molecule has 0 aromatic heterocycles. The van der Waals surface area contributed by atoms with Crippen LogP contribution in [-0.4, -0.2) is 0 Å². The van der Waals surface area contributed by atoms with Gasteiger partial charge in [-0.3, -0.25) is 0 Å². The normalized spacial score (nSPS) is 19.3. The second-order valence-electron chi connectivity index (χ2n) is 9.21. The molecule has 3 aromatic carbocycles. The summed E-state index contributed by atoms with van der Waals surface area (Å²) >= 11 is 0. The lowest BCUT2D eigenvalue weighted by Crippen LogP contribution is -2.10. The fourth-order valence-corrected chi connectivity index (χ4v) is 4.78. The molecule has 0 unspecified atom stereocenters. The highest BCUT2D eigenvalue weighted by molar-refractivity contribution is 5.68. The molecule has 1 aliphatic rings. The van der Waals surface area contributed by atoms with Gasteiger partial charge >= 0.3 is 0 Å². The van der Waals surface area contributed by atoms with Crippen LogP contribution in [0.4, 0.5) is 0 Å². The molecule has 0 N–H and O–H groups in total. The highest BCUT2D eigenvalue weighted by Gasteiger charge is 2.19. The van der Waals surface area contributed by atoms with Crippen molar-refractivity contribution in [2.24, 2.45) is 5.92 Å². The molecule has 0 amide bonds. The van der Waals surface area contributed by atoms with Crippen LogP contribution in [0.2, 0.25) is 0 Å². The molecule has 0 aliphatic heterocycles. The van der Waals surface area contributed by atoms with Crippen LogP contribution < -0.4 is 0 Å². The number of hydrogen-bond donors (Lipinski definition) is 0. The van der Waals surface area contributed by atoms with Gasteiger partial charge in [0.15, 0.2) is 0 Å². The smallest absolute Gasteiger partial charge is 0.0155 e. The lowest BCUT2D eigenvalue weighted by molar-refractivity contribution is 0.348. The Hall–Kier alpha value is -2.34. The summed E-state index contributed by atoms with van der Waals surface area (Å²) in [6, 6.07) is 25.4. The zero-order valence-electron chi connectivity index (χ0n) is 18.2. The minimum absolute atomic E-state index is 0.769. The largest absolute Gasteiger partial charge is 0.0625 e. The topological polar surface area (TPSA) is 0 Å². The van der Waals surface area contributed by atoms with Crippen molar-refractivity contribution in [3.05, 3.63) is 94.5 Å². The number of aryl methyl sites for hydroxylation is 4. The molecule has 3 aromatic rings. The predicted octanol–water partition coefficient (Wildman–Crippen LogP) is 8.05. The summed E-state index contributed by atoms with van der Waals surface area (Å²) in [5.74, 6) is 1.68. The lowest BCUT2D eigenvalue weighted by Gasteiger charge is -2.26. The van der Waals surface area contributed by atoms with Crippen LogP contribution in [0.3, 0.4) is 0 Å². The van der Waals surface area contributed by atoms with Gasteiger partial charge in [-0.15, -0.1) is 0 Å². The van der Waals surface area contributed by atoms with Gasteiger partial charge in [0.1, 0.15) is 0 Å².